The van der Waals surface area contributed by atoms with Crippen molar-refractivity contribution in [3.8, 4) is 0 Å². The molecular formula is C11H14O3S. The summed E-state index contributed by atoms with van der Waals surface area (Å²) in [6.45, 7) is 1.97. The van der Waals surface area contributed by atoms with Crippen LogP contribution in [0.4, 0.5) is 0 Å². The third-order valence-corrected chi connectivity index (χ3v) is 3.46. The molecule has 1 atom stereocenters. The van der Waals surface area contributed by atoms with Crippen molar-refractivity contribution in [1.29, 1.82) is 0 Å². The second-order valence-corrected chi connectivity index (χ2v) is 4.93. The zero-order valence-corrected chi connectivity index (χ0v) is 9.42. The molecule has 3 nitrogen and oxygen atoms in total. The van der Waals surface area contributed by atoms with Gasteiger partial charge in [-0.2, -0.15) is 0 Å². The molecule has 0 saturated heterocycles. The molecule has 0 saturated carbocycles. The molecule has 1 rings (SSSR count). The molecule has 15 heavy (non-hydrogen) atoms. The van der Waals surface area contributed by atoms with Gasteiger partial charge >= 0.3 is 5.97 Å². The van der Waals surface area contributed by atoms with E-state index in [0.29, 0.717) is 12.2 Å². The van der Waals surface area contributed by atoms with E-state index in [4.69, 9.17) is 5.11 Å². The Bertz CT molecular complexity index is 357. The van der Waals surface area contributed by atoms with E-state index in [1.54, 1.807) is 0 Å². The average molecular weight is 226 g/mol. The van der Waals surface area contributed by atoms with E-state index in [1.165, 1.54) is 0 Å². The third kappa shape index (κ3) is 4.25. The number of carbonyl (C=O) groups is 1. The topological polar surface area (TPSA) is 54.4 Å². The summed E-state index contributed by atoms with van der Waals surface area (Å²) in [6, 6.07) is 7.47. The number of rotatable bonds is 5. The van der Waals surface area contributed by atoms with Crippen LogP contribution in [0.5, 0.6) is 0 Å². The summed E-state index contributed by atoms with van der Waals surface area (Å²) >= 11 is 0. The Hall–Kier alpha value is -1.16. The Morgan fingerprint density at radius 2 is 1.93 bits per heavy atom. The van der Waals surface area contributed by atoms with Crippen LogP contribution in [0.1, 0.15) is 18.4 Å². The highest BCUT2D eigenvalue weighted by atomic mass is 32.2. The van der Waals surface area contributed by atoms with Gasteiger partial charge in [-0.1, -0.05) is 17.7 Å². The van der Waals surface area contributed by atoms with Gasteiger partial charge in [0.05, 0.1) is 10.8 Å². The van der Waals surface area contributed by atoms with Gasteiger partial charge in [0.25, 0.3) is 0 Å². The molecule has 0 amide bonds. The summed E-state index contributed by atoms with van der Waals surface area (Å²) < 4.78 is 11.7. The molecule has 0 heterocycles. The lowest BCUT2D eigenvalue weighted by atomic mass is 10.2. The summed E-state index contributed by atoms with van der Waals surface area (Å²) in [4.78, 5) is 11.0. The maximum atomic E-state index is 11.7. The molecular weight excluding hydrogens is 212 g/mol. The lowest BCUT2D eigenvalue weighted by molar-refractivity contribution is -0.137. The second kappa shape index (κ2) is 5.66. The van der Waals surface area contributed by atoms with Crippen molar-refractivity contribution in [2.75, 3.05) is 5.75 Å². The van der Waals surface area contributed by atoms with Crippen LogP contribution in [0.25, 0.3) is 0 Å². The Kier molecular flexibility index (Phi) is 4.49. The number of carboxylic acids is 1. The molecule has 0 radical (unpaired) electrons. The van der Waals surface area contributed by atoms with Crippen LogP contribution in [0.15, 0.2) is 29.2 Å². The van der Waals surface area contributed by atoms with E-state index < -0.39 is 16.8 Å². The quantitative estimate of drug-likeness (QED) is 0.835. The van der Waals surface area contributed by atoms with E-state index in [9.17, 15) is 9.00 Å². The third-order valence-electron chi connectivity index (χ3n) is 2.00. The number of hydrogen-bond donors (Lipinski definition) is 1. The zero-order valence-electron chi connectivity index (χ0n) is 8.60. The van der Waals surface area contributed by atoms with Gasteiger partial charge in [-0.25, -0.2) is 0 Å². The summed E-state index contributed by atoms with van der Waals surface area (Å²) in [6.07, 6.45) is 0.535. The molecule has 1 aromatic rings. The van der Waals surface area contributed by atoms with E-state index in [-0.39, 0.29) is 6.42 Å². The first-order chi connectivity index (χ1) is 7.09. The molecule has 0 aliphatic carbocycles. The first-order valence-corrected chi connectivity index (χ1v) is 6.08. The zero-order chi connectivity index (χ0) is 11.3. The SMILES string of the molecule is Cc1ccc(S(=O)CCCC(=O)O)cc1. The smallest absolute Gasteiger partial charge is 0.303 e. The largest absolute Gasteiger partial charge is 0.481 e. The van der Waals surface area contributed by atoms with Crippen LogP contribution >= 0.6 is 0 Å². The molecule has 82 valence electrons. The highest BCUT2D eigenvalue weighted by Crippen LogP contribution is 2.09. The predicted octanol–water partition coefficient (Wildman–Crippen LogP) is 1.97. The Balaban J connectivity index is 2.47. The number of aliphatic carboxylic acids is 1. The molecule has 1 unspecified atom stereocenters. The number of benzene rings is 1. The van der Waals surface area contributed by atoms with E-state index in [2.05, 4.69) is 0 Å². The van der Waals surface area contributed by atoms with Crippen molar-refractivity contribution >= 4 is 16.8 Å². The predicted molar refractivity (Wildman–Crippen MR) is 59.3 cm³/mol. The molecule has 4 heteroatoms. The molecule has 1 N–H and O–H groups in total. The molecule has 0 aliphatic rings. The van der Waals surface area contributed by atoms with Gasteiger partial charge in [0.1, 0.15) is 0 Å². The minimum atomic E-state index is -1.07. The van der Waals surface area contributed by atoms with Gasteiger partial charge in [0, 0.05) is 17.1 Å². The lowest BCUT2D eigenvalue weighted by Gasteiger charge is -2.01. The number of hydrogen-bond acceptors (Lipinski definition) is 2. The highest BCUT2D eigenvalue weighted by molar-refractivity contribution is 7.85. The van der Waals surface area contributed by atoms with Crippen LogP contribution in [-0.4, -0.2) is 21.0 Å². The van der Waals surface area contributed by atoms with Crippen LogP contribution in [0.2, 0.25) is 0 Å². The monoisotopic (exact) mass is 226 g/mol. The molecule has 0 aliphatic heterocycles. The summed E-state index contributed by atoms with van der Waals surface area (Å²) in [5.41, 5.74) is 1.13. The van der Waals surface area contributed by atoms with Gasteiger partial charge in [-0.3, -0.25) is 9.00 Å². The normalized spacial score (nSPS) is 12.3. The fourth-order valence-electron chi connectivity index (χ4n) is 1.16. The summed E-state index contributed by atoms with van der Waals surface area (Å²) in [5.74, 6) is -0.425. The van der Waals surface area contributed by atoms with Gasteiger partial charge in [-0.15, -0.1) is 0 Å². The Morgan fingerprint density at radius 3 is 2.47 bits per heavy atom. The lowest BCUT2D eigenvalue weighted by Crippen LogP contribution is -2.02. The summed E-state index contributed by atoms with van der Waals surface area (Å²) in [7, 11) is -1.07. The number of carboxylic acid groups (broad SMARTS) is 1. The van der Waals surface area contributed by atoms with Gasteiger partial charge in [0.2, 0.25) is 0 Å². The first kappa shape index (κ1) is 11.9. The van der Waals surface area contributed by atoms with Crippen LogP contribution in [0.3, 0.4) is 0 Å². The molecule has 0 fully saturated rings. The highest BCUT2D eigenvalue weighted by Gasteiger charge is 2.04. The standard InChI is InChI=1S/C11H14O3S/c1-9-4-6-10(7-5-9)15(14)8-2-3-11(12)13/h4-7H,2-3,8H2,1H3,(H,12,13). The van der Waals surface area contributed by atoms with Gasteiger partial charge < -0.3 is 5.11 Å². The Labute approximate surface area is 91.6 Å². The first-order valence-electron chi connectivity index (χ1n) is 4.76. The maximum absolute atomic E-state index is 11.7. The molecule has 0 bridgehead atoms. The van der Waals surface area contributed by atoms with Crippen LogP contribution in [-0.2, 0) is 15.6 Å². The minimum Gasteiger partial charge on any atom is -0.481 e. The Morgan fingerprint density at radius 1 is 1.33 bits per heavy atom. The van der Waals surface area contributed by atoms with Crippen LogP contribution < -0.4 is 0 Å². The van der Waals surface area contributed by atoms with Crippen molar-refractivity contribution in [2.45, 2.75) is 24.7 Å². The molecule has 0 spiro atoms. The van der Waals surface area contributed by atoms with E-state index in [1.807, 2.05) is 31.2 Å². The summed E-state index contributed by atoms with van der Waals surface area (Å²) in [5, 5.41) is 8.43. The minimum absolute atomic E-state index is 0.0810. The van der Waals surface area contributed by atoms with Crippen molar-refractivity contribution < 1.29 is 14.1 Å². The van der Waals surface area contributed by atoms with Crippen LogP contribution in [0, 0.1) is 6.92 Å². The van der Waals surface area contributed by atoms with Crippen molar-refractivity contribution in [3.05, 3.63) is 29.8 Å². The molecule has 0 aromatic heterocycles. The van der Waals surface area contributed by atoms with Crippen molar-refractivity contribution in [1.82, 2.24) is 0 Å². The fraction of sp³-hybridized carbons (Fsp3) is 0.364. The average Bonchev–Trinajstić information content (AvgIpc) is 2.18. The molecule has 1 aromatic carbocycles. The van der Waals surface area contributed by atoms with Crippen molar-refractivity contribution in [3.63, 3.8) is 0 Å². The maximum Gasteiger partial charge on any atom is 0.303 e. The number of aryl methyl sites for hydroxylation is 1. The van der Waals surface area contributed by atoms with E-state index in [0.717, 1.165) is 10.5 Å². The fourth-order valence-corrected chi connectivity index (χ4v) is 2.24. The van der Waals surface area contributed by atoms with Gasteiger partial charge in [0.15, 0.2) is 0 Å². The van der Waals surface area contributed by atoms with E-state index >= 15 is 0 Å². The second-order valence-electron chi connectivity index (χ2n) is 3.36. The van der Waals surface area contributed by atoms with Gasteiger partial charge in [-0.05, 0) is 25.5 Å². The van der Waals surface area contributed by atoms with Crippen molar-refractivity contribution in [2.24, 2.45) is 0 Å².